The molecule has 0 amide bonds. The van der Waals surface area contributed by atoms with Gasteiger partial charge in [0.25, 0.3) is 0 Å². The van der Waals surface area contributed by atoms with Gasteiger partial charge in [0.2, 0.25) is 0 Å². The van der Waals surface area contributed by atoms with Gasteiger partial charge in [-0.25, -0.2) is 0 Å². The third kappa shape index (κ3) is 6.45. The van der Waals surface area contributed by atoms with E-state index in [4.69, 9.17) is 0 Å². The number of fused-ring (bicyclic) bond motifs is 6. The van der Waals surface area contributed by atoms with Gasteiger partial charge in [-0.2, -0.15) is 0 Å². The van der Waals surface area contributed by atoms with Crippen molar-refractivity contribution in [2.24, 2.45) is 59.2 Å². The van der Waals surface area contributed by atoms with Crippen LogP contribution in [-0.4, -0.2) is 46.1 Å². The fourth-order valence-corrected chi connectivity index (χ4v) is 17.5. The Hall–Kier alpha value is -0.0800. The summed E-state index contributed by atoms with van der Waals surface area (Å²) in [5.74, 6) is 10.7. The van der Waals surface area contributed by atoms with Crippen LogP contribution >= 0.6 is 0 Å². The number of rotatable bonds is 5. The minimum Gasteiger partial charge on any atom is -0.294 e. The Morgan fingerprint density at radius 2 is 0.620 bits per heavy atom. The Bertz CT molecular complexity index is 1090. The quantitative estimate of drug-likeness (QED) is 0.284. The first-order valence-corrected chi connectivity index (χ1v) is 24.3. The molecule has 2 nitrogen and oxygen atoms in total. The molecule has 0 N–H and O–H groups in total. The van der Waals surface area contributed by atoms with Crippen molar-refractivity contribution in [1.82, 2.24) is 9.80 Å². The van der Waals surface area contributed by atoms with Crippen LogP contribution in [-0.2, 0) is 0 Å². The van der Waals surface area contributed by atoms with Crippen molar-refractivity contribution < 1.29 is 0 Å². The Kier molecular flexibility index (Phi) is 10.5. The lowest BCUT2D eigenvalue weighted by atomic mass is 9.61. The zero-order valence-electron chi connectivity index (χ0n) is 32.8. The molecular weight excluding hydrogens is 605 g/mol. The SMILES string of the molecule is C1CCC(C2CCC(N3C4CCC(C5CCCCC5)CC4C4CC(C5CCC6C7CCCCC7N(C7CCCCC7)C6C5)CCC43)CC2)CC1. The van der Waals surface area contributed by atoms with E-state index in [0.29, 0.717) is 0 Å². The number of likely N-dealkylation sites (tertiary alicyclic amines) is 2. The molecule has 50 heavy (non-hydrogen) atoms. The van der Waals surface area contributed by atoms with Gasteiger partial charge in [-0.05, 0) is 168 Å². The molecule has 0 radical (unpaired) electrons. The fourth-order valence-electron chi connectivity index (χ4n) is 17.5. The van der Waals surface area contributed by atoms with Gasteiger partial charge in [-0.15, -0.1) is 0 Å². The summed E-state index contributed by atoms with van der Waals surface area (Å²) in [7, 11) is 0. The van der Waals surface area contributed by atoms with Crippen LogP contribution in [0, 0.1) is 59.2 Å². The highest BCUT2D eigenvalue weighted by Gasteiger charge is 2.57. The van der Waals surface area contributed by atoms with E-state index in [-0.39, 0.29) is 0 Å². The zero-order chi connectivity index (χ0) is 33.0. The fraction of sp³-hybridized carbons (Fsp3) is 1.00. The summed E-state index contributed by atoms with van der Waals surface area (Å²) in [5, 5.41) is 0. The molecule has 2 heteroatoms. The Morgan fingerprint density at radius 3 is 1.28 bits per heavy atom. The lowest BCUT2D eigenvalue weighted by Gasteiger charge is -2.48. The van der Waals surface area contributed by atoms with E-state index in [1.165, 1.54) is 64.2 Å². The van der Waals surface area contributed by atoms with Crippen molar-refractivity contribution in [2.45, 2.75) is 242 Å². The molecule has 2 saturated heterocycles. The van der Waals surface area contributed by atoms with E-state index >= 15 is 0 Å². The van der Waals surface area contributed by atoms with Gasteiger partial charge < -0.3 is 0 Å². The topological polar surface area (TPSA) is 6.48 Å². The maximum absolute atomic E-state index is 3.38. The molecule has 11 atom stereocenters. The van der Waals surface area contributed by atoms with Crippen LogP contribution in [0.4, 0.5) is 0 Å². The predicted octanol–water partition coefficient (Wildman–Crippen LogP) is 12.6. The van der Waals surface area contributed by atoms with Crippen molar-refractivity contribution in [3.8, 4) is 0 Å². The highest BCUT2D eigenvalue weighted by molar-refractivity contribution is 5.10. The first kappa shape index (κ1) is 34.4. The Balaban J connectivity index is 0.858. The van der Waals surface area contributed by atoms with Crippen LogP contribution < -0.4 is 0 Å². The van der Waals surface area contributed by atoms with E-state index in [2.05, 4.69) is 9.80 Å². The molecule has 0 aromatic carbocycles. The molecule has 8 saturated carbocycles. The average Bonchev–Trinajstić information content (AvgIpc) is 3.70. The smallest absolute Gasteiger partial charge is 0.0135 e. The normalized spacial score (nSPS) is 48.8. The second-order valence-electron chi connectivity index (χ2n) is 21.5. The van der Waals surface area contributed by atoms with Gasteiger partial charge in [0, 0.05) is 36.3 Å². The summed E-state index contributed by atoms with van der Waals surface area (Å²) >= 11 is 0. The summed E-state index contributed by atoms with van der Waals surface area (Å²) in [5.41, 5.74) is 0. The molecule has 2 aliphatic heterocycles. The number of hydrogen-bond acceptors (Lipinski definition) is 2. The van der Waals surface area contributed by atoms with Gasteiger partial charge in [0.05, 0.1) is 0 Å². The van der Waals surface area contributed by atoms with E-state index in [9.17, 15) is 0 Å². The van der Waals surface area contributed by atoms with E-state index in [1.54, 1.807) is 141 Å². The Morgan fingerprint density at radius 1 is 0.220 bits per heavy atom. The highest BCUT2D eigenvalue weighted by atomic mass is 15.3. The molecule has 8 aliphatic carbocycles. The average molecular weight is 685 g/mol. The number of hydrogen-bond donors (Lipinski definition) is 0. The van der Waals surface area contributed by atoms with Crippen molar-refractivity contribution in [3.05, 3.63) is 0 Å². The van der Waals surface area contributed by atoms with Crippen LogP contribution in [0.3, 0.4) is 0 Å². The summed E-state index contributed by atoms with van der Waals surface area (Å²) < 4.78 is 0. The van der Waals surface area contributed by atoms with Gasteiger partial charge in [-0.1, -0.05) is 96.3 Å². The molecular formula is C48H80N2. The summed E-state index contributed by atoms with van der Waals surface area (Å²) in [6, 6.07) is 5.78. The first-order valence-electron chi connectivity index (χ1n) is 24.3. The molecule has 282 valence electrons. The monoisotopic (exact) mass is 685 g/mol. The highest BCUT2D eigenvalue weighted by Crippen LogP contribution is 2.59. The molecule has 11 unspecified atom stereocenters. The van der Waals surface area contributed by atoms with E-state index < -0.39 is 0 Å². The lowest BCUT2D eigenvalue weighted by molar-refractivity contribution is 0.0186. The van der Waals surface area contributed by atoms with Crippen molar-refractivity contribution in [2.75, 3.05) is 0 Å². The third-order valence-electron chi connectivity index (χ3n) is 19.6. The summed E-state index contributed by atoms with van der Waals surface area (Å²) in [6.07, 6.45) is 50.1. The van der Waals surface area contributed by atoms with Crippen molar-refractivity contribution in [3.63, 3.8) is 0 Å². The molecule has 0 aromatic heterocycles. The zero-order valence-corrected chi connectivity index (χ0v) is 32.8. The molecule has 0 spiro atoms. The molecule has 0 bridgehead atoms. The standard InChI is InChI=1S/C48H80N2/c1-4-12-33(13-5-1)35-20-25-40(26-21-35)49-46-28-23-36(34-14-6-2-7-15-34)30-43(46)44-31-37(24-29-47(44)49)38-22-27-42-41-18-10-11-19-45(41)50(48(42)32-38)39-16-8-3-9-17-39/h33-48H,1-32H2. The third-order valence-corrected chi connectivity index (χ3v) is 19.6. The van der Waals surface area contributed by atoms with Crippen LogP contribution in [0.1, 0.15) is 205 Å². The minimum absolute atomic E-state index is 0.946. The summed E-state index contributed by atoms with van der Waals surface area (Å²) in [4.78, 5) is 6.70. The van der Waals surface area contributed by atoms with E-state index in [1.807, 2.05) is 0 Å². The van der Waals surface area contributed by atoms with Crippen molar-refractivity contribution in [1.29, 1.82) is 0 Å². The second-order valence-corrected chi connectivity index (χ2v) is 21.5. The molecule has 10 fully saturated rings. The van der Waals surface area contributed by atoms with Crippen LogP contribution in [0.15, 0.2) is 0 Å². The van der Waals surface area contributed by atoms with Crippen LogP contribution in [0.25, 0.3) is 0 Å². The second kappa shape index (κ2) is 15.2. The molecule has 10 aliphatic rings. The minimum atomic E-state index is 0.946. The molecule has 0 aromatic rings. The molecule has 10 rings (SSSR count). The van der Waals surface area contributed by atoms with Crippen LogP contribution in [0.5, 0.6) is 0 Å². The van der Waals surface area contributed by atoms with Gasteiger partial charge in [-0.3, -0.25) is 9.80 Å². The maximum Gasteiger partial charge on any atom is 0.0135 e. The summed E-state index contributed by atoms with van der Waals surface area (Å²) in [6.45, 7) is 0. The van der Waals surface area contributed by atoms with Gasteiger partial charge in [0.1, 0.15) is 0 Å². The first-order chi connectivity index (χ1) is 24.8. The van der Waals surface area contributed by atoms with E-state index in [0.717, 1.165) is 95.4 Å². The van der Waals surface area contributed by atoms with Crippen molar-refractivity contribution >= 4 is 0 Å². The van der Waals surface area contributed by atoms with Gasteiger partial charge >= 0.3 is 0 Å². The van der Waals surface area contributed by atoms with Gasteiger partial charge in [0.15, 0.2) is 0 Å². The lowest BCUT2D eigenvalue weighted by Crippen LogP contribution is -2.50. The largest absolute Gasteiger partial charge is 0.294 e. The number of nitrogens with zero attached hydrogens (tertiary/aromatic N) is 2. The maximum atomic E-state index is 3.38. The predicted molar refractivity (Wildman–Crippen MR) is 209 cm³/mol. The van der Waals surface area contributed by atoms with Crippen LogP contribution in [0.2, 0.25) is 0 Å². The Labute approximate surface area is 309 Å². The molecule has 2 heterocycles.